The Hall–Kier alpha value is -1.14. The largest absolute Gasteiger partial charge is 0.464 e. The molecule has 1 amide bonds. The normalized spacial score (nSPS) is 13.0. The third-order valence-corrected chi connectivity index (χ3v) is 2.35. The summed E-state index contributed by atoms with van der Waals surface area (Å²) in [6, 6.07) is -1.29. The molecule has 0 bridgehead atoms. The molecule has 0 saturated carbocycles. The number of nitrogens with one attached hydrogen (secondary N) is 1. The molecule has 0 rings (SSSR count). The standard InChI is InChI=1S/C11H22N2O4/c1-4-17-10(16)8(12)9(15)13-7-11(2,3)5-6-14/h8,14H,4-7,12H2,1-3H3,(H,13,15). The fraction of sp³-hybridized carbons (Fsp3) is 0.818. The Morgan fingerprint density at radius 3 is 2.53 bits per heavy atom. The fourth-order valence-electron chi connectivity index (χ4n) is 1.17. The number of esters is 1. The average molecular weight is 246 g/mol. The molecule has 100 valence electrons. The second-order valence-corrected chi connectivity index (χ2v) is 4.59. The van der Waals surface area contributed by atoms with E-state index in [0.29, 0.717) is 13.0 Å². The van der Waals surface area contributed by atoms with Crippen LogP contribution in [0.25, 0.3) is 0 Å². The first kappa shape index (κ1) is 15.9. The number of hydrogen-bond donors (Lipinski definition) is 3. The topological polar surface area (TPSA) is 102 Å². The van der Waals surface area contributed by atoms with Crippen LogP contribution >= 0.6 is 0 Å². The zero-order valence-corrected chi connectivity index (χ0v) is 10.7. The van der Waals surface area contributed by atoms with Gasteiger partial charge in [-0.3, -0.25) is 4.79 Å². The van der Waals surface area contributed by atoms with Crippen LogP contribution in [0, 0.1) is 5.41 Å². The van der Waals surface area contributed by atoms with Gasteiger partial charge in [-0.1, -0.05) is 13.8 Å². The summed E-state index contributed by atoms with van der Waals surface area (Å²) in [4.78, 5) is 22.7. The van der Waals surface area contributed by atoms with Gasteiger partial charge in [0.05, 0.1) is 6.61 Å². The summed E-state index contributed by atoms with van der Waals surface area (Å²) < 4.78 is 4.64. The van der Waals surface area contributed by atoms with E-state index in [0.717, 1.165) is 0 Å². The lowest BCUT2D eigenvalue weighted by atomic mass is 9.89. The Bertz CT molecular complexity index is 266. The molecule has 6 heteroatoms. The van der Waals surface area contributed by atoms with Gasteiger partial charge in [0.15, 0.2) is 6.04 Å². The van der Waals surface area contributed by atoms with Gasteiger partial charge in [-0.25, -0.2) is 4.79 Å². The lowest BCUT2D eigenvalue weighted by Gasteiger charge is -2.24. The van der Waals surface area contributed by atoms with E-state index in [1.807, 2.05) is 13.8 Å². The maximum atomic E-state index is 11.5. The zero-order chi connectivity index (χ0) is 13.5. The van der Waals surface area contributed by atoms with Crippen LogP contribution in [-0.2, 0) is 14.3 Å². The van der Waals surface area contributed by atoms with Crippen molar-refractivity contribution in [2.24, 2.45) is 11.1 Å². The highest BCUT2D eigenvalue weighted by molar-refractivity contribution is 6.01. The molecule has 1 atom stereocenters. The summed E-state index contributed by atoms with van der Waals surface area (Å²) in [5, 5.41) is 11.4. The maximum absolute atomic E-state index is 11.5. The van der Waals surface area contributed by atoms with Crippen molar-refractivity contribution in [3.63, 3.8) is 0 Å². The number of nitrogens with two attached hydrogens (primary N) is 1. The monoisotopic (exact) mass is 246 g/mol. The van der Waals surface area contributed by atoms with Gasteiger partial charge in [0.2, 0.25) is 5.91 Å². The van der Waals surface area contributed by atoms with Crippen molar-refractivity contribution in [1.82, 2.24) is 5.32 Å². The summed E-state index contributed by atoms with van der Waals surface area (Å²) >= 11 is 0. The van der Waals surface area contributed by atoms with E-state index in [4.69, 9.17) is 10.8 Å². The number of aliphatic hydroxyl groups excluding tert-OH is 1. The molecule has 0 radical (unpaired) electrons. The molecule has 0 aliphatic carbocycles. The van der Waals surface area contributed by atoms with Gasteiger partial charge < -0.3 is 20.9 Å². The van der Waals surface area contributed by atoms with Crippen LogP contribution in [0.5, 0.6) is 0 Å². The minimum absolute atomic E-state index is 0.0484. The van der Waals surface area contributed by atoms with Crippen molar-refractivity contribution >= 4 is 11.9 Å². The predicted molar refractivity (Wildman–Crippen MR) is 63.1 cm³/mol. The summed E-state index contributed by atoms with van der Waals surface area (Å²) in [6.45, 7) is 6.04. The highest BCUT2D eigenvalue weighted by Crippen LogP contribution is 2.17. The molecule has 0 aromatic heterocycles. The van der Waals surface area contributed by atoms with Crippen LogP contribution in [0.4, 0.5) is 0 Å². The van der Waals surface area contributed by atoms with Crippen molar-refractivity contribution in [2.45, 2.75) is 33.2 Å². The van der Waals surface area contributed by atoms with Gasteiger partial charge in [-0.05, 0) is 18.8 Å². The summed E-state index contributed by atoms with van der Waals surface area (Å²) in [5.41, 5.74) is 5.18. The smallest absolute Gasteiger partial charge is 0.332 e. The molecular formula is C11H22N2O4. The molecule has 0 aromatic carbocycles. The van der Waals surface area contributed by atoms with E-state index in [-0.39, 0.29) is 18.6 Å². The Labute approximate surface area is 102 Å². The molecule has 1 unspecified atom stereocenters. The first-order valence-electron chi connectivity index (χ1n) is 5.65. The number of amides is 1. The van der Waals surface area contributed by atoms with E-state index in [9.17, 15) is 9.59 Å². The van der Waals surface area contributed by atoms with Gasteiger partial charge in [0.25, 0.3) is 0 Å². The summed E-state index contributed by atoms with van der Waals surface area (Å²) in [7, 11) is 0. The van der Waals surface area contributed by atoms with Gasteiger partial charge >= 0.3 is 5.97 Å². The van der Waals surface area contributed by atoms with Crippen molar-refractivity contribution in [1.29, 1.82) is 0 Å². The molecule has 4 N–H and O–H groups in total. The molecule has 0 saturated heterocycles. The lowest BCUT2D eigenvalue weighted by molar-refractivity contribution is -0.148. The molecule has 0 heterocycles. The van der Waals surface area contributed by atoms with Crippen LogP contribution in [0.3, 0.4) is 0 Å². The third-order valence-electron chi connectivity index (χ3n) is 2.35. The highest BCUT2D eigenvalue weighted by Gasteiger charge is 2.25. The maximum Gasteiger partial charge on any atom is 0.332 e. The zero-order valence-electron chi connectivity index (χ0n) is 10.7. The SMILES string of the molecule is CCOC(=O)C(N)C(=O)NCC(C)(C)CCO. The van der Waals surface area contributed by atoms with Gasteiger partial charge in [0, 0.05) is 13.2 Å². The minimum atomic E-state index is -1.29. The summed E-state index contributed by atoms with van der Waals surface area (Å²) in [6.07, 6.45) is 0.557. The molecule has 6 nitrogen and oxygen atoms in total. The number of carbonyl (C=O) groups excluding carboxylic acids is 2. The molecular weight excluding hydrogens is 224 g/mol. The van der Waals surface area contributed by atoms with Crippen LogP contribution in [0.2, 0.25) is 0 Å². The van der Waals surface area contributed by atoms with Crippen molar-refractivity contribution < 1.29 is 19.4 Å². The van der Waals surface area contributed by atoms with E-state index in [2.05, 4.69) is 10.1 Å². The molecule has 0 aromatic rings. The van der Waals surface area contributed by atoms with Crippen molar-refractivity contribution in [3.8, 4) is 0 Å². The minimum Gasteiger partial charge on any atom is -0.464 e. The van der Waals surface area contributed by atoms with E-state index < -0.39 is 17.9 Å². The molecule has 0 fully saturated rings. The van der Waals surface area contributed by atoms with Crippen LogP contribution in [-0.4, -0.2) is 42.8 Å². The van der Waals surface area contributed by atoms with Crippen molar-refractivity contribution in [3.05, 3.63) is 0 Å². The summed E-state index contributed by atoms with van der Waals surface area (Å²) in [5.74, 6) is -1.29. The van der Waals surface area contributed by atoms with Crippen LogP contribution in [0.1, 0.15) is 27.2 Å². The second-order valence-electron chi connectivity index (χ2n) is 4.59. The Balaban J connectivity index is 4.13. The van der Waals surface area contributed by atoms with Gasteiger partial charge in [-0.15, -0.1) is 0 Å². The lowest BCUT2D eigenvalue weighted by Crippen LogP contribution is -2.49. The quantitative estimate of drug-likeness (QED) is 0.411. The van der Waals surface area contributed by atoms with Crippen LogP contribution in [0.15, 0.2) is 0 Å². The van der Waals surface area contributed by atoms with Gasteiger partial charge in [0.1, 0.15) is 0 Å². The number of hydrogen-bond acceptors (Lipinski definition) is 5. The number of aliphatic hydroxyl groups is 1. The molecule has 17 heavy (non-hydrogen) atoms. The number of ether oxygens (including phenoxy) is 1. The number of carbonyl (C=O) groups is 2. The fourth-order valence-corrected chi connectivity index (χ4v) is 1.17. The van der Waals surface area contributed by atoms with Crippen LogP contribution < -0.4 is 11.1 Å². The first-order valence-corrected chi connectivity index (χ1v) is 5.65. The third kappa shape index (κ3) is 6.23. The van der Waals surface area contributed by atoms with Gasteiger partial charge in [-0.2, -0.15) is 0 Å². The van der Waals surface area contributed by atoms with E-state index >= 15 is 0 Å². The second kappa shape index (κ2) is 7.24. The van der Waals surface area contributed by atoms with E-state index in [1.165, 1.54) is 0 Å². The predicted octanol–water partition coefficient (Wildman–Crippen LogP) is -0.598. The van der Waals surface area contributed by atoms with Crippen molar-refractivity contribution in [2.75, 3.05) is 19.8 Å². The Morgan fingerprint density at radius 2 is 2.06 bits per heavy atom. The average Bonchev–Trinajstić information content (AvgIpc) is 2.25. The molecule has 0 aliphatic rings. The Kier molecular flexibility index (Phi) is 6.75. The molecule has 0 spiro atoms. The van der Waals surface area contributed by atoms with E-state index in [1.54, 1.807) is 6.92 Å². The number of rotatable bonds is 7. The molecule has 0 aliphatic heterocycles. The first-order chi connectivity index (χ1) is 7.84. The Morgan fingerprint density at radius 1 is 1.47 bits per heavy atom. The highest BCUT2D eigenvalue weighted by atomic mass is 16.5.